The number of para-hydroxylation sites is 1. The van der Waals surface area contributed by atoms with Gasteiger partial charge in [0.2, 0.25) is 5.91 Å². The van der Waals surface area contributed by atoms with Crippen LogP contribution in [0.5, 0.6) is 0 Å². The van der Waals surface area contributed by atoms with E-state index in [-0.39, 0.29) is 12.5 Å². The van der Waals surface area contributed by atoms with Gasteiger partial charge in [-0.1, -0.05) is 26.0 Å². The van der Waals surface area contributed by atoms with Gasteiger partial charge in [-0.3, -0.25) is 4.79 Å². The molecule has 0 bridgehead atoms. The molecule has 0 aliphatic carbocycles. The third-order valence-corrected chi connectivity index (χ3v) is 2.61. The van der Waals surface area contributed by atoms with E-state index in [1.54, 1.807) is 6.07 Å². The molecule has 0 heterocycles. The molecule has 0 aromatic heterocycles. The van der Waals surface area contributed by atoms with Crippen LogP contribution in [-0.4, -0.2) is 19.0 Å². The zero-order valence-corrected chi connectivity index (χ0v) is 11.1. The fourth-order valence-corrected chi connectivity index (χ4v) is 2.03. The van der Waals surface area contributed by atoms with Gasteiger partial charge in [-0.05, 0) is 24.5 Å². The number of carbonyl (C=O) groups excluding carboxylic acids is 1. The zero-order chi connectivity index (χ0) is 13.7. The molecule has 18 heavy (non-hydrogen) atoms. The first-order valence-corrected chi connectivity index (χ1v) is 5.98. The monoisotopic (exact) mass is 245 g/mol. The Morgan fingerprint density at radius 3 is 2.67 bits per heavy atom. The standard InChI is InChI=1S/C14H19N3O/c1-10(2)8-17(9-13(16)18)14-11(3)5-4-6-12(14)7-15/h4-6,10H,8-9H2,1-3H3,(H2,16,18). The number of hydrogen-bond donors (Lipinski definition) is 1. The minimum atomic E-state index is -0.386. The third-order valence-electron chi connectivity index (χ3n) is 2.61. The van der Waals surface area contributed by atoms with Gasteiger partial charge < -0.3 is 10.6 Å². The Kier molecular flexibility index (Phi) is 4.73. The summed E-state index contributed by atoms with van der Waals surface area (Å²) in [6.07, 6.45) is 0. The lowest BCUT2D eigenvalue weighted by Gasteiger charge is -2.27. The molecule has 4 nitrogen and oxygen atoms in total. The molecule has 0 saturated carbocycles. The van der Waals surface area contributed by atoms with Crippen LogP contribution in [0.1, 0.15) is 25.0 Å². The van der Waals surface area contributed by atoms with Crippen LogP contribution in [0.15, 0.2) is 18.2 Å². The molecule has 0 radical (unpaired) electrons. The number of rotatable bonds is 5. The largest absolute Gasteiger partial charge is 0.368 e. The summed E-state index contributed by atoms with van der Waals surface area (Å²) < 4.78 is 0. The number of nitrogens with two attached hydrogens (primary N) is 1. The van der Waals surface area contributed by atoms with Crippen LogP contribution in [0.3, 0.4) is 0 Å². The maximum atomic E-state index is 11.2. The van der Waals surface area contributed by atoms with Gasteiger partial charge in [0.1, 0.15) is 6.07 Å². The van der Waals surface area contributed by atoms with Crippen molar-refractivity contribution in [2.75, 3.05) is 18.0 Å². The van der Waals surface area contributed by atoms with Gasteiger partial charge >= 0.3 is 0 Å². The summed E-state index contributed by atoms with van der Waals surface area (Å²) in [6.45, 7) is 6.90. The molecule has 1 rings (SSSR count). The number of hydrogen-bond acceptors (Lipinski definition) is 3. The Morgan fingerprint density at radius 1 is 1.50 bits per heavy atom. The molecule has 0 aliphatic rings. The third kappa shape index (κ3) is 3.49. The number of anilines is 1. The second-order valence-electron chi connectivity index (χ2n) is 4.82. The molecule has 1 amide bonds. The average Bonchev–Trinajstić information content (AvgIpc) is 2.26. The Bertz CT molecular complexity index is 474. The lowest BCUT2D eigenvalue weighted by atomic mass is 10.1. The van der Waals surface area contributed by atoms with Gasteiger partial charge in [0.05, 0.1) is 17.8 Å². The van der Waals surface area contributed by atoms with Crippen molar-refractivity contribution in [3.63, 3.8) is 0 Å². The number of amides is 1. The number of aryl methyl sites for hydroxylation is 1. The first kappa shape index (κ1) is 14.0. The number of carbonyl (C=O) groups is 1. The van der Waals surface area contributed by atoms with E-state index in [1.165, 1.54) is 0 Å². The summed E-state index contributed by atoms with van der Waals surface area (Å²) in [6, 6.07) is 7.71. The van der Waals surface area contributed by atoms with E-state index < -0.39 is 0 Å². The van der Waals surface area contributed by atoms with Gasteiger partial charge in [0.15, 0.2) is 0 Å². The minimum Gasteiger partial charge on any atom is -0.368 e. The van der Waals surface area contributed by atoms with Crippen molar-refractivity contribution in [1.29, 1.82) is 5.26 Å². The van der Waals surface area contributed by atoms with E-state index in [0.717, 1.165) is 11.3 Å². The highest BCUT2D eigenvalue weighted by Gasteiger charge is 2.16. The Morgan fingerprint density at radius 2 is 2.17 bits per heavy atom. The van der Waals surface area contributed by atoms with Crippen LogP contribution < -0.4 is 10.6 Å². The molecule has 2 N–H and O–H groups in total. The van der Waals surface area contributed by atoms with Gasteiger partial charge in [-0.2, -0.15) is 5.26 Å². The van der Waals surface area contributed by atoms with Crippen LogP contribution in [0.4, 0.5) is 5.69 Å². The van der Waals surface area contributed by atoms with Gasteiger partial charge in [0.25, 0.3) is 0 Å². The second kappa shape index (κ2) is 6.06. The molecule has 0 atom stereocenters. The van der Waals surface area contributed by atoms with E-state index in [4.69, 9.17) is 11.0 Å². The highest BCUT2D eigenvalue weighted by Crippen LogP contribution is 2.25. The first-order valence-electron chi connectivity index (χ1n) is 5.98. The summed E-state index contributed by atoms with van der Waals surface area (Å²) in [7, 11) is 0. The van der Waals surface area contributed by atoms with Crippen molar-refractivity contribution in [2.24, 2.45) is 11.7 Å². The predicted molar refractivity (Wildman–Crippen MR) is 72.1 cm³/mol. The molecular weight excluding hydrogens is 226 g/mol. The van der Waals surface area contributed by atoms with Crippen LogP contribution in [0, 0.1) is 24.2 Å². The van der Waals surface area contributed by atoms with Crippen molar-refractivity contribution in [1.82, 2.24) is 0 Å². The summed E-state index contributed by atoms with van der Waals surface area (Å²) >= 11 is 0. The molecular formula is C14H19N3O. The lowest BCUT2D eigenvalue weighted by molar-refractivity contribution is -0.116. The van der Waals surface area contributed by atoms with Gasteiger partial charge in [-0.25, -0.2) is 0 Å². The number of nitrogens with zero attached hydrogens (tertiary/aromatic N) is 2. The van der Waals surface area contributed by atoms with Crippen molar-refractivity contribution in [3.05, 3.63) is 29.3 Å². The summed E-state index contributed by atoms with van der Waals surface area (Å²) in [5.74, 6) is -0.00158. The Labute approximate surface area is 108 Å². The number of nitriles is 1. The van der Waals surface area contributed by atoms with Crippen molar-refractivity contribution in [3.8, 4) is 6.07 Å². The molecule has 0 saturated heterocycles. The maximum Gasteiger partial charge on any atom is 0.236 e. The van der Waals surface area contributed by atoms with E-state index in [2.05, 4.69) is 19.9 Å². The van der Waals surface area contributed by atoms with Crippen molar-refractivity contribution >= 4 is 11.6 Å². The molecule has 0 spiro atoms. The van der Waals surface area contributed by atoms with Crippen LogP contribution in [-0.2, 0) is 4.79 Å². The summed E-state index contributed by atoms with van der Waals surface area (Å²) in [5, 5.41) is 9.17. The van der Waals surface area contributed by atoms with Crippen LogP contribution in [0.25, 0.3) is 0 Å². The highest BCUT2D eigenvalue weighted by atomic mass is 16.1. The normalized spacial score (nSPS) is 10.2. The molecule has 0 unspecified atom stereocenters. The molecule has 0 fully saturated rings. The molecule has 1 aromatic rings. The number of benzene rings is 1. The molecule has 4 heteroatoms. The predicted octanol–water partition coefficient (Wildman–Crippen LogP) is 1.81. The lowest BCUT2D eigenvalue weighted by Crippen LogP contribution is -2.37. The minimum absolute atomic E-state index is 0.137. The van der Waals surface area contributed by atoms with E-state index in [0.29, 0.717) is 18.0 Å². The summed E-state index contributed by atoms with van der Waals surface area (Å²) in [5.41, 5.74) is 7.66. The quantitative estimate of drug-likeness (QED) is 0.860. The van der Waals surface area contributed by atoms with Crippen molar-refractivity contribution < 1.29 is 4.79 Å². The smallest absolute Gasteiger partial charge is 0.236 e. The van der Waals surface area contributed by atoms with Gasteiger partial charge in [-0.15, -0.1) is 0 Å². The average molecular weight is 245 g/mol. The van der Waals surface area contributed by atoms with E-state index in [9.17, 15) is 4.79 Å². The van der Waals surface area contributed by atoms with Crippen molar-refractivity contribution in [2.45, 2.75) is 20.8 Å². The topological polar surface area (TPSA) is 70.1 Å². The fourth-order valence-electron chi connectivity index (χ4n) is 2.03. The fraction of sp³-hybridized carbons (Fsp3) is 0.429. The Balaban J connectivity index is 3.19. The molecule has 96 valence electrons. The zero-order valence-electron chi connectivity index (χ0n) is 11.1. The van der Waals surface area contributed by atoms with E-state index >= 15 is 0 Å². The van der Waals surface area contributed by atoms with Crippen LogP contribution >= 0.6 is 0 Å². The highest BCUT2D eigenvalue weighted by molar-refractivity contribution is 5.81. The maximum absolute atomic E-state index is 11.2. The molecule has 0 aliphatic heterocycles. The Hall–Kier alpha value is -2.02. The van der Waals surface area contributed by atoms with Crippen LogP contribution in [0.2, 0.25) is 0 Å². The summed E-state index contributed by atoms with van der Waals surface area (Å²) in [4.78, 5) is 13.1. The van der Waals surface area contributed by atoms with Gasteiger partial charge in [0, 0.05) is 6.54 Å². The first-order chi connectivity index (χ1) is 8.45. The number of primary amides is 1. The second-order valence-corrected chi connectivity index (χ2v) is 4.82. The molecule has 1 aromatic carbocycles. The SMILES string of the molecule is Cc1cccc(C#N)c1N(CC(N)=O)CC(C)C. The van der Waals surface area contributed by atoms with E-state index in [1.807, 2.05) is 24.0 Å².